The van der Waals surface area contributed by atoms with Crippen LogP contribution < -0.4 is 0 Å². The minimum Gasteiger partial charge on any atom is -0.459 e. The maximum atomic E-state index is 11.6. The van der Waals surface area contributed by atoms with E-state index in [2.05, 4.69) is 20.8 Å². The third-order valence-corrected chi connectivity index (χ3v) is 6.42. The number of esters is 1. The first kappa shape index (κ1) is 13.5. The van der Waals surface area contributed by atoms with Gasteiger partial charge in [0.05, 0.1) is 0 Å². The molecule has 4 unspecified atom stereocenters. The van der Waals surface area contributed by atoms with Crippen LogP contribution in [0.25, 0.3) is 0 Å². The van der Waals surface area contributed by atoms with Crippen molar-refractivity contribution in [3.8, 4) is 0 Å². The molecule has 3 aliphatic rings. The summed E-state index contributed by atoms with van der Waals surface area (Å²) in [4.78, 5) is 11.6. The highest BCUT2D eigenvalue weighted by atomic mass is 16.6. The number of ether oxygens (including phenoxy) is 1. The minimum atomic E-state index is -0.129. The van der Waals surface area contributed by atoms with Crippen LogP contribution in [0.1, 0.15) is 72.6 Å². The van der Waals surface area contributed by atoms with Gasteiger partial charge >= 0.3 is 5.97 Å². The summed E-state index contributed by atoms with van der Waals surface area (Å²) in [6, 6.07) is 0. The summed E-state index contributed by atoms with van der Waals surface area (Å²) in [7, 11) is 0. The molecule has 0 saturated heterocycles. The summed E-state index contributed by atoms with van der Waals surface area (Å²) in [6.45, 7) is 8.80. The summed E-state index contributed by atoms with van der Waals surface area (Å²) in [6.07, 6.45) is 8.64. The Hall–Kier alpha value is -0.530. The van der Waals surface area contributed by atoms with E-state index in [0.29, 0.717) is 16.7 Å². The lowest BCUT2D eigenvalue weighted by Gasteiger charge is -2.59. The van der Waals surface area contributed by atoms with E-state index in [1.807, 2.05) is 0 Å². The zero-order chi connectivity index (χ0) is 13.9. The van der Waals surface area contributed by atoms with Crippen LogP contribution >= 0.6 is 0 Å². The zero-order valence-electron chi connectivity index (χ0n) is 12.9. The lowest BCUT2D eigenvalue weighted by atomic mass is 9.49. The van der Waals surface area contributed by atoms with Gasteiger partial charge in [0.25, 0.3) is 0 Å². The van der Waals surface area contributed by atoms with Crippen LogP contribution in [0.15, 0.2) is 0 Å². The minimum absolute atomic E-state index is 0.0744. The van der Waals surface area contributed by atoms with Crippen LogP contribution in [0.2, 0.25) is 0 Å². The number of hydrogen-bond donors (Lipinski definition) is 0. The largest absolute Gasteiger partial charge is 0.459 e. The van der Waals surface area contributed by atoms with Crippen LogP contribution in [-0.2, 0) is 9.53 Å². The molecule has 2 heteroatoms. The van der Waals surface area contributed by atoms with Crippen LogP contribution in [0.4, 0.5) is 0 Å². The fourth-order valence-electron chi connectivity index (χ4n) is 5.59. The highest BCUT2D eigenvalue weighted by Crippen LogP contribution is 2.65. The van der Waals surface area contributed by atoms with Crippen LogP contribution in [0, 0.1) is 22.7 Å². The van der Waals surface area contributed by atoms with Crippen molar-refractivity contribution in [2.45, 2.75) is 78.2 Å². The lowest BCUT2D eigenvalue weighted by molar-refractivity contribution is -0.199. The molecule has 108 valence electrons. The normalized spacial score (nSPS) is 47.6. The maximum Gasteiger partial charge on any atom is 0.303 e. The van der Waals surface area contributed by atoms with Gasteiger partial charge in [0.15, 0.2) is 0 Å². The number of fused-ring (bicyclic) bond motifs is 4. The van der Waals surface area contributed by atoms with Crippen LogP contribution in [0.5, 0.6) is 0 Å². The molecule has 0 amide bonds. The van der Waals surface area contributed by atoms with Gasteiger partial charge in [-0.25, -0.2) is 0 Å². The average molecular weight is 264 g/mol. The first-order chi connectivity index (χ1) is 8.77. The van der Waals surface area contributed by atoms with Crippen molar-refractivity contribution in [2.24, 2.45) is 22.7 Å². The van der Waals surface area contributed by atoms with Gasteiger partial charge in [-0.3, -0.25) is 4.79 Å². The summed E-state index contributed by atoms with van der Waals surface area (Å²) in [5, 5.41) is 0. The topological polar surface area (TPSA) is 26.3 Å². The van der Waals surface area contributed by atoms with Crippen molar-refractivity contribution < 1.29 is 9.53 Å². The molecule has 2 nitrogen and oxygen atoms in total. The highest BCUT2D eigenvalue weighted by molar-refractivity contribution is 5.66. The van der Waals surface area contributed by atoms with Crippen LogP contribution in [0.3, 0.4) is 0 Å². The fourth-order valence-corrected chi connectivity index (χ4v) is 5.59. The molecular weight excluding hydrogens is 236 g/mol. The molecular formula is C17H28O2. The van der Waals surface area contributed by atoms with E-state index in [9.17, 15) is 4.79 Å². The molecule has 0 radical (unpaired) electrons. The van der Waals surface area contributed by atoms with E-state index >= 15 is 0 Å². The average Bonchev–Trinajstić information content (AvgIpc) is 2.30. The quantitative estimate of drug-likeness (QED) is 0.659. The second-order valence-corrected chi connectivity index (χ2v) is 8.44. The van der Waals surface area contributed by atoms with Gasteiger partial charge < -0.3 is 4.74 Å². The molecule has 3 rings (SSSR count). The molecule has 19 heavy (non-hydrogen) atoms. The fraction of sp³-hybridized carbons (Fsp3) is 0.941. The third kappa shape index (κ3) is 2.02. The molecule has 3 saturated carbocycles. The summed E-state index contributed by atoms with van der Waals surface area (Å²) in [5.41, 5.74) is 0.724. The van der Waals surface area contributed by atoms with Gasteiger partial charge in [0.2, 0.25) is 0 Å². The Morgan fingerprint density at radius 1 is 1.11 bits per heavy atom. The van der Waals surface area contributed by atoms with E-state index < -0.39 is 0 Å². The maximum absolute atomic E-state index is 11.6. The number of hydrogen-bond acceptors (Lipinski definition) is 2. The molecule has 4 atom stereocenters. The molecule has 3 aliphatic carbocycles. The molecule has 2 bridgehead atoms. The third-order valence-electron chi connectivity index (χ3n) is 6.42. The van der Waals surface area contributed by atoms with E-state index in [4.69, 9.17) is 4.74 Å². The summed E-state index contributed by atoms with van der Waals surface area (Å²) in [5.74, 6) is 1.30. The van der Waals surface area contributed by atoms with Crippen molar-refractivity contribution >= 4 is 5.97 Å². The monoisotopic (exact) mass is 264 g/mol. The number of carbonyl (C=O) groups excluding carboxylic acids is 1. The van der Waals surface area contributed by atoms with Crippen molar-refractivity contribution in [1.82, 2.24) is 0 Å². The Balaban J connectivity index is 1.95. The zero-order valence-corrected chi connectivity index (χ0v) is 12.9. The van der Waals surface area contributed by atoms with Gasteiger partial charge in [0.1, 0.15) is 5.60 Å². The van der Waals surface area contributed by atoms with E-state index in [-0.39, 0.29) is 11.6 Å². The van der Waals surface area contributed by atoms with Crippen molar-refractivity contribution in [2.75, 3.05) is 0 Å². The van der Waals surface area contributed by atoms with E-state index in [1.54, 1.807) is 6.92 Å². The van der Waals surface area contributed by atoms with E-state index in [0.717, 1.165) is 18.8 Å². The number of carbonyl (C=O) groups is 1. The van der Waals surface area contributed by atoms with Crippen molar-refractivity contribution in [1.29, 1.82) is 0 Å². The van der Waals surface area contributed by atoms with Gasteiger partial charge in [-0.15, -0.1) is 0 Å². The van der Waals surface area contributed by atoms with Gasteiger partial charge in [0, 0.05) is 12.8 Å². The molecule has 0 N–H and O–H groups in total. The second kappa shape index (κ2) is 3.99. The predicted molar refractivity (Wildman–Crippen MR) is 75.7 cm³/mol. The Kier molecular flexibility index (Phi) is 2.82. The smallest absolute Gasteiger partial charge is 0.303 e. The summed E-state index contributed by atoms with van der Waals surface area (Å²) >= 11 is 0. The lowest BCUT2D eigenvalue weighted by Crippen LogP contribution is -2.57. The predicted octanol–water partition coefficient (Wildman–Crippen LogP) is 4.32. The van der Waals surface area contributed by atoms with E-state index in [1.165, 1.54) is 32.1 Å². The highest BCUT2D eigenvalue weighted by Gasteiger charge is 2.62. The second-order valence-electron chi connectivity index (χ2n) is 8.44. The summed E-state index contributed by atoms with van der Waals surface area (Å²) < 4.78 is 5.98. The molecule has 0 aromatic carbocycles. The van der Waals surface area contributed by atoms with Crippen molar-refractivity contribution in [3.63, 3.8) is 0 Å². The van der Waals surface area contributed by atoms with Gasteiger partial charge in [-0.1, -0.05) is 20.8 Å². The first-order valence-corrected chi connectivity index (χ1v) is 7.96. The Bertz CT molecular complexity index is 400. The standard InChI is InChI=1S/C17H28O2/c1-12(18)19-17-8-5-7-16(4,11-17)9-6-13-14(17)10-15(13,2)3/h13-14H,5-11H2,1-4H3. The first-order valence-electron chi connectivity index (χ1n) is 7.96. The SMILES string of the molecule is CC(=O)OC12CCCC(C)(CCC3C1CC3(C)C)C2. The Morgan fingerprint density at radius 3 is 2.47 bits per heavy atom. The molecule has 0 aromatic heterocycles. The molecule has 0 heterocycles. The molecule has 0 spiro atoms. The number of rotatable bonds is 1. The van der Waals surface area contributed by atoms with Gasteiger partial charge in [-0.2, -0.15) is 0 Å². The molecule has 0 aromatic rings. The Morgan fingerprint density at radius 2 is 1.84 bits per heavy atom. The Labute approximate surface area is 117 Å². The molecule has 0 aliphatic heterocycles. The van der Waals surface area contributed by atoms with Gasteiger partial charge in [-0.05, 0) is 61.7 Å². The van der Waals surface area contributed by atoms with Crippen molar-refractivity contribution in [3.05, 3.63) is 0 Å². The van der Waals surface area contributed by atoms with Crippen LogP contribution in [-0.4, -0.2) is 11.6 Å². The molecule has 3 fully saturated rings.